The molecule has 0 saturated heterocycles. The van der Waals surface area contributed by atoms with E-state index in [9.17, 15) is 0 Å². The lowest BCUT2D eigenvalue weighted by Crippen LogP contribution is -2.17. The molecule has 0 bridgehead atoms. The fourth-order valence-electron chi connectivity index (χ4n) is 21.9. The van der Waals surface area contributed by atoms with E-state index in [1.807, 2.05) is 0 Å². The van der Waals surface area contributed by atoms with Gasteiger partial charge in [-0.25, -0.2) is 0 Å². The molecule has 3 aliphatic carbocycles. The quantitative estimate of drug-likeness (QED) is 0.115. The van der Waals surface area contributed by atoms with Gasteiger partial charge >= 0.3 is 0 Å². The minimum Gasteiger partial charge on any atom is -0.0619 e. The Morgan fingerprint density at radius 1 is 0.171 bits per heavy atom. The fraction of sp³-hybridized carbons (Fsp3) is 0.145. The summed E-state index contributed by atoms with van der Waals surface area (Å²) < 4.78 is 0. The van der Waals surface area contributed by atoms with Gasteiger partial charge in [-0.15, -0.1) is 0 Å². The highest BCUT2D eigenvalue weighted by molar-refractivity contribution is 6.30. The van der Waals surface area contributed by atoms with Crippen LogP contribution in [0.2, 0.25) is 0 Å². The Hall–Kier alpha value is -13.0. The Morgan fingerprint density at radius 3 is 1.17 bits per heavy atom. The first-order valence-electron chi connectivity index (χ1n) is 42.0. The molecule has 23 rings (SSSR count). The maximum absolute atomic E-state index is 2.53. The molecule has 20 aromatic carbocycles. The van der Waals surface area contributed by atoms with Crippen molar-refractivity contribution in [1.82, 2.24) is 0 Å². The highest BCUT2D eigenvalue weighted by Gasteiger charge is 2.43. The fourth-order valence-corrected chi connectivity index (χ4v) is 21.9. The summed E-state index contributed by atoms with van der Waals surface area (Å²) in [7, 11) is 0. The minimum atomic E-state index is -0.144. The summed E-state index contributed by atoms with van der Waals surface area (Å²) in [6, 6.07) is 129. The van der Waals surface area contributed by atoms with Gasteiger partial charge in [-0.3, -0.25) is 0 Å². The van der Waals surface area contributed by atoms with E-state index in [1.54, 1.807) is 0 Å². The molecular weight excluding hydrogens is 1410 g/mol. The molecule has 0 nitrogen and oxygen atoms in total. The second-order valence-corrected chi connectivity index (χ2v) is 37.3. The molecule has 0 heteroatoms. The van der Waals surface area contributed by atoms with E-state index in [-0.39, 0.29) is 27.1 Å². The van der Waals surface area contributed by atoms with E-state index in [2.05, 4.69) is 423 Å². The highest BCUT2D eigenvalue weighted by atomic mass is 14.5. The monoisotopic (exact) mass is 1500 g/mol. The van der Waals surface area contributed by atoms with Crippen LogP contribution in [0.4, 0.5) is 0 Å². The molecule has 0 aromatic heterocycles. The van der Waals surface area contributed by atoms with E-state index in [0.717, 1.165) is 0 Å². The lowest BCUT2D eigenvalue weighted by molar-refractivity contribution is 0.601. The minimum absolute atomic E-state index is 0.0376. The zero-order valence-corrected chi connectivity index (χ0v) is 68.8. The Balaban J connectivity index is 0.000000146. The Bertz CT molecular complexity index is 7660. The molecule has 560 valence electrons. The summed E-state index contributed by atoms with van der Waals surface area (Å²) in [6.45, 7) is 28.7. The summed E-state index contributed by atoms with van der Waals surface area (Å²) in [4.78, 5) is 0. The van der Waals surface area contributed by atoms with Crippen molar-refractivity contribution in [2.75, 3.05) is 0 Å². The van der Waals surface area contributed by atoms with Gasteiger partial charge in [0.1, 0.15) is 0 Å². The van der Waals surface area contributed by atoms with E-state index in [4.69, 9.17) is 0 Å². The van der Waals surface area contributed by atoms with Crippen molar-refractivity contribution in [1.29, 1.82) is 0 Å². The van der Waals surface area contributed by atoms with Gasteiger partial charge in [-0.1, -0.05) is 368 Å². The first-order valence-corrected chi connectivity index (χ1v) is 42.0. The largest absolute Gasteiger partial charge is 0.0619 e. The van der Waals surface area contributed by atoms with Crippen molar-refractivity contribution in [3.8, 4) is 89.0 Å². The van der Waals surface area contributed by atoms with Crippen molar-refractivity contribution in [2.24, 2.45) is 0 Å². The average molecular weight is 1500 g/mol. The Morgan fingerprint density at radius 2 is 0.530 bits per heavy atom. The molecule has 117 heavy (non-hydrogen) atoms. The Labute approximate surface area is 686 Å². The number of hydrogen-bond acceptors (Lipinski definition) is 0. The predicted molar refractivity (Wildman–Crippen MR) is 505 cm³/mol. The zero-order chi connectivity index (χ0) is 79.5. The second kappa shape index (κ2) is 25.5. The standard InChI is InChI=1S/C66H52.C51H40/c1-64(2,3)63-52-28-15-14-27-50(52)62(61-48-25-12-10-23-46(48)60(47-24-11-13-26-49(47)61)45-29-18-20-39-19-8-9-21-42(39)45)51-34-32-40(35-55(51)63)41-31-33-44-54-38-58-53(37-59(54)66(6,7)57(44)36-41)43-22-16-17-30-56(43)65(58,4)5;1-50(2,3)49-42-18-9-8-17-40(42)46(37-16-10-15-34(27-37)35-22-20-31-12-6-7-13-33(31)26-35)41-25-24-36(29-43(41)49)39-28-38-23-21-32-14-11-19-44-47(32)48(38)45(30-39)51(44,4)5/h8-38H,1-7H3;6-30H,1-5H3. The molecule has 20 aromatic rings. The maximum atomic E-state index is 2.53. The Kier molecular flexibility index (Phi) is 15.4. The molecule has 0 aliphatic heterocycles. The highest BCUT2D eigenvalue weighted by Crippen LogP contribution is 2.59. The van der Waals surface area contributed by atoms with Crippen LogP contribution in [-0.4, -0.2) is 0 Å². The molecule has 0 saturated carbocycles. The SMILES string of the molecule is CC(C)(C)c1c2ccccc2c(-c2c3ccccc3c(-c3cccc4ccccc34)c3ccccc23)c2ccc(-c3ccc4c(c3)C(C)(C)c3cc5c(cc3-4)C(C)(C)c3ccccc3-5)cc12.CC(C)(C)c1c2ccccc2c(-c2cccc(-c3ccc4ccccc4c3)c2)c2ccc(-c3cc4c5c(ccc6cccc(c65)C4(C)C)c3)cc12. The summed E-state index contributed by atoms with van der Waals surface area (Å²) in [5, 5.41) is 26.2. The van der Waals surface area contributed by atoms with Crippen molar-refractivity contribution < 1.29 is 0 Å². The van der Waals surface area contributed by atoms with Crippen LogP contribution in [-0.2, 0) is 27.1 Å². The number of hydrogen-bond donors (Lipinski definition) is 0. The van der Waals surface area contributed by atoms with E-state index in [1.165, 1.54) is 241 Å². The topological polar surface area (TPSA) is 0 Å². The lowest BCUT2D eigenvalue weighted by atomic mass is 9.76. The van der Waals surface area contributed by atoms with E-state index >= 15 is 0 Å². The third-order valence-electron chi connectivity index (χ3n) is 27.4. The van der Waals surface area contributed by atoms with Gasteiger partial charge in [0.15, 0.2) is 0 Å². The molecule has 0 fully saturated rings. The second-order valence-electron chi connectivity index (χ2n) is 37.3. The van der Waals surface area contributed by atoms with Crippen LogP contribution in [0.25, 0.3) is 197 Å². The van der Waals surface area contributed by atoms with Gasteiger partial charge < -0.3 is 0 Å². The maximum Gasteiger partial charge on any atom is 0.0159 e. The van der Waals surface area contributed by atoms with Crippen molar-refractivity contribution in [3.05, 3.63) is 384 Å². The summed E-state index contributed by atoms with van der Waals surface area (Å²) in [5.74, 6) is 0. The van der Waals surface area contributed by atoms with Gasteiger partial charge in [0, 0.05) is 16.2 Å². The average Bonchev–Trinajstić information content (AvgIpc) is 1.68. The third kappa shape index (κ3) is 10.6. The summed E-state index contributed by atoms with van der Waals surface area (Å²) in [6.07, 6.45) is 0. The van der Waals surface area contributed by atoms with Crippen LogP contribution in [0.3, 0.4) is 0 Å². The van der Waals surface area contributed by atoms with Crippen molar-refractivity contribution >= 4 is 108 Å². The smallest absolute Gasteiger partial charge is 0.0159 e. The van der Waals surface area contributed by atoms with Gasteiger partial charge in [0.05, 0.1) is 0 Å². The van der Waals surface area contributed by atoms with Crippen LogP contribution in [0, 0.1) is 0 Å². The van der Waals surface area contributed by atoms with Gasteiger partial charge in [0.25, 0.3) is 0 Å². The van der Waals surface area contributed by atoms with Gasteiger partial charge in [0.2, 0.25) is 0 Å². The van der Waals surface area contributed by atoms with Crippen LogP contribution in [0.15, 0.2) is 340 Å². The predicted octanol–water partition coefficient (Wildman–Crippen LogP) is 32.8. The number of fused-ring (bicyclic) bond motifs is 14. The molecule has 0 unspecified atom stereocenters. The van der Waals surface area contributed by atoms with Gasteiger partial charge in [-0.05, 0) is 307 Å². The molecule has 0 N–H and O–H groups in total. The first kappa shape index (κ1) is 70.6. The first-order chi connectivity index (χ1) is 56.6. The third-order valence-corrected chi connectivity index (χ3v) is 27.4. The van der Waals surface area contributed by atoms with E-state index < -0.39 is 0 Å². The summed E-state index contributed by atoms with van der Waals surface area (Å²) in [5.41, 5.74) is 31.8. The molecule has 0 spiro atoms. The molecule has 0 heterocycles. The van der Waals surface area contributed by atoms with Crippen molar-refractivity contribution in [2.45, 2.75) is 110 Å². The van der Waals surface area contributed by atoms with Gasteiger partial charge in [-0.2, -0.15) is 0 Å². The number of rotatable bonds is 6. The summed E-state index contributed by atoms with van der Waals surface area (Å²) >= 11 is 0. The molecule has 0 radical (unpaired) electrons. The zero-order valence-electron chi connectivity index (χ0n) is 68.8. The van der Waals surface area contributed by atoms with E-state index in [0.29, 0.717) is 0 Å². The molecule has 0 atom stereocenters. The van der Waals surface area contributed by atoms with Crippen LogP contribution < -0.4 is 0 Å². The number of benzene rings is 20. The van der Waals surface area contributed by atoms with Crippen molar-refractivity contribution in [3.63, 3.8) is 0 Å². The van der Waals surface area contributed by atoms with Crippen LogP contribution >= 0.6 is 0 Å². The van der Waals surface area contributed by atoms with Crippen LogP contribution in [0.1, 0.15) is 128 Å². The molecular formula is C117H92. The normalized spacial score (nSPS) is 14.2. The lowest BCUT2D eigenvalue weighted by Gasteiger charge is -2.28. The molecule has 0 amide bonds. The molecule has 3 aliphatic rings. The van der Waals surface area contributed by atoms with Crippen LogP contribution in [0.5, 0.6) is 0 Å².